The Balaban J connectivity index is 1.29. The number of amides is 2. The minimum absolute atomic E-state index is 0.237. The molecule has 1 aromatic heterocycles. The summed E-state index contributed by atoms with van der Waals surface area (Å²) in [7, 11) is 0. The number of hydrogen-bond donors (Lipinski definition) is 1. The predicted molar refractivity (Wildman–Crippen MR) is 126 cm³/mol. The summed E-state index contributed by atoms with van der Waals surface area (Å²) < 4.78 is 38.3. The molecule has 0 saturated carbocycles. The van der Waals surface area contributed by atoms with Crippen LogP contribution in [0.1, 0.15) is 47.4 Å². The first-order valence-corrected chi connectivity index (χ1v) is 11.6. The summed E-state index contributed by atoms with van der Waals surface area (Å²) in [5.74, 6) is -0.888. The molecule has 1 N–H and O–H groups in total. The number of piperidine rings is 1. The van der Waals surface area contributed by atoms with Crippen LogP contribution in [0.5, 0.6) is 0 Å². The highest BCUT2D eigenvalue weighted by Crippen LogP contribution is 2.31. The topological polar surface area (TPSA) is 62.3 Å². The number of imide groups is 1. The highest BCUT2D eigenvalue weighted by molar-refractivity contribution is 6.01. The Hall–Kier alpha value is -3.52. The smallest absolute Gasteiger partial charge is 0.296 e. The maximum absolute atomic E-state index is 12.8. The summed E-state index contributed by atoms with van der Waals surface area (Å²) in [6, 6.07) is 13.4. The fourth-order valence-electron chi connectivity index (χ4n) is 4.72. The van der Waals surface area contributed by atoms with Gasteiger partial charge in [0.05, 0.1) is 17.0 Å². The first-order chi connectivity index (χ1) is 16.8. The molecule has 5 nitrogen and oxygen atoms in total. The van der Waals surface area contributed by atoms with Crippen molar-refractivity contribution in [1.82, 2.24) is 15.2 Å². The lowest BCUT2D eigenvalue weighted by Gasteiger charge is -2.26. The van der Waals surface area contributed by atoms with Crippen LogP contribution in [-0.2, 0) is 22.3 Å². The van der Waals surface area contributed by atoms with Gasteiger partial charge in [-0.1, -0.05) is 24.3 Å². The van der Waals surface area contributed by atoms with Gasteiger partial charge in [-0.25, -0.2) is 0 Å². The van der Waals surface area contributed by atoms with Gasteiger partial charge in [0, 0.05) is 37.6 Å². The number of nitrogens with one attached hydrogen (secondary N) is 1. The molecule has 3 heterocycles. The molecule has 2 amide bonds. The van der Waals surface area contributed by atoms with Crippen LogP contribution in [0.4, 0.5) is 13.2 Å². The maximum atomic E-state index is 12.8. The molecular weight excluding hydrogens is 455 g/mol. The minimum Gasteiger partial charge on any atom is -0.296 e. The zero-order valence-corrected chi connectivity index (χ0v) is 18.9. The molecule has 2 aliphatic heterocycles. The van der Waals surface area contributed by atoms with Gasteiger partial charge >= 0.3 is 6.18 Å². The minimum atomic E-state index is -4.32. The molecule has 1 saturated heterocycles. The average molecular weight is 480 g/mol. The number of aromatic nitrogens is 1. The number of carbonyl (C=O) groups is 2. The molecule has 2 aliphatic rings. The van der Waals surface area contributed by atoms with Gasteiger partial charge in [0.15, 0.2) is 0 Å². The Bertz CT molecular complexity index is 1320. The van der Waals surface area contributed by atoms with Crippen molar-refractivity contribution in [3.8, 4) is 0 Å². The molecule has 1 unspecified atom stereocenters. The van der Waals surface area contributed by atoms with E-state index in [1.54, 1.807) is 18.3 Å². The fraction of sp³-hybridized carbons (Fsp3) is 0.296. The molecule has 0 radical (unpaired) electrons. The molecule has 0 bridgehead atoms. The van der Waals surface area contributed by atoms with Crippen LogP contribution in [0.25, 0.3) is 16.5 Å². The number of nitrogens with zero attached hydrogens (tertiary/aromatic N) is 2. The van der Waals surface area contributed by atoms with E-state index in [4.69, 9.17) is 0 Å². The first kappa shape index (κ1) is 23.2. The zero-order valence-electron chi connectivity index (χ0n) is 18.9. The molecule has 2 aromatic carbocycles. The number of benzene rings is 2. The van der Waals surface area contributed by atoms with Crippen molar-refractivity contribution in [2.75, 3.05) is 13.1 Å². The third-order valence-electron chi connectivity index (χ3n) is 6.70. The number of pyridine rings is 1. The van der Waals surface area contributed by atoms with Crippen LogP contribution in [0.3, 0.4) is 0 Å². The molecule has 0 aliphatic carbocycles. The zero-order chi connectivity index (χ0) is 24.6. The lowest BCUT2D eigenvalue weighted by atomic mass is 9.90. The van der Waals surface area contributed by atoms with E-state index in [-0.39, 0.29) is 17.7 Å². The van der Waals surface area contributed by atoms with Crippen molar-refractivity contribution in [3.05, 3.63) is 83.1 Å². The number of hydrogen-bond acceptors (Lipinski definition) is 4. The SMILES string of the molecule is O=C1CCC(c2cnc3ccc(C4=CCN(Cc5ccc(C(F)(F)F)cc5)CC4)cc3c2)C(=O)N1. The van der Waals surface area contributed by atoms with Gasteiger partial charge in [0.25, 0.3) is 0 Å². The van der Waals surface area contributed by atoms with Crippen LogP contribution in [0, 0.1) is 0 Å². The number of alkyl halides is 3. The second-order valence-electron chi connectivity index (χ2n) is 9.09. The second kappa shape index (κ2) is 9.26. The molecule has 1 fully saturated rings. The Kier molecular flexibility index (Phi) is 6.15. The summed E-state index contributed by atoms with van der Waals surface area (Å²) in [4.78, 5) is 30.4. The highest BCUT2D eigenvalue weighted by atomic mass is 19.4. The molecular formula is C27H24F3N3O2. The van der Waals surface area contributed by atoms with Crippen LogP contribution >= 0.6 is 0 Å². The number of fused-ring (bicyclic) bond motifs is 1. The highest BCUT2D eigenvalue weighted by Gasteiger charge is 2.30. The molecule has 5 rings (SSSR count). The first-order valence-electron chi connectivity index (χ1n) is 11.6. The molecule has 0 spiro atoms. The van der Waals surface area contributed by atoms with Gasteiger partial charge < -0.3 is 0 Å². The van der Waals surface area contributed by atoms with Crippen LogP contribution in [0.2, 0.25) is 0 Å². The summed E-state index contributed by atoms with van der Waals surface area (Å²) in [6.45, 7) is 2.11. The Morgan fingerprint density at radius 3 is 2.51 bits per heavy atom. The summed E-state index contributed by atoms with van der Waals surface area (Å²) >= 11 is 0. The lowest BCUT2D eigenvalue weighted by molar-refractivity contribution is -0.138. The van der Waals surface area contributed by atoms with Crippen molar-refractivity contribution in [2.45, 2.75) is 37.9 Å². The van der Waals surface area contributed by atoms with Gasteiger partial charge in [-0.2, -0.15) is 13.2 Å². The van der Waals surface area contributed by atoms with Gasteiger partial charge in [-0.05, 0) is 65.4 Å². The molecule has 3 aromatic rings. The number of halogens is 3. The van der Waals surface area contributed by atoms with E-state index < -0.39 is 11.7 Å². The average Bonchev–Trinajstić information content (AvgIpc) is 2.84. The standard InChI is InChI=1S/C27H24F3N3O2/c28-27(29,30)22-4-1-17(2-5-22)16-33-11-9-18(10-12-33)19-3-7-24-20(13-19)14-21(15-31-24)23-6-8-25(34)32-26(23)35/h1-5,7,9,13-15,23H,6,8,10-12,16H2,(H,32,34,35). The Morgan fingerprint density at radius 1 is 1.03 bits per heavy atom. The molecule has 180 valence electrons. The monoisotopic (exact) mass is 479 g/mol. The van der Waals surface area contributed by atoms with E-state index in [0.29, 0.717) is 25.9 Å². The Morgan fingerprint density at radius 2 is 1.83 bits per heavy atom. The van der Waals surface area contributed by atoms with Gasteiger partial charge in [-0.3, -0.25) is 24.8 Å². The van der Waals surface area contributed by atoms with Crippen molar-refractivity contribution >= 4 is 28.3 Å². The summed E-state index contributed by atoms with van der Waals surface area (Å²) in [5.41, 5.74) is 4.17. The van der Waals surface area contributed by atoms with E-state index in [2.05, 4.69) is 27.3 Å². The van der Waals surface area contributed by atoms with E-state index in [0.717, 1.165) is 52.7 Å². The van der Waals surface area contributed by atoms with Gasteiger partial charge in [-0.15, -0.1) is 0 Å². The maximum Gasteiger partial charge on any atom is 0.416 e. The summed E-state index contributed by atoms with van der Waals surface area (Å²) in [6.07, 6.45) is 1.18. The molecule has 8 heteroatoms. The second-order valence-corrected chi connectivity index (χ2v) is 9.09. The van der Waals surface area contributed by atoms with Crippen LogP contribution in [-0.4, -0.2) is 34.8 Å². The Labute approximate surface area is 200 Å². The lowest BCUT2D eigenvalue weighted by Crippen LogP contribution is -2.39. The van der Waals surface area contributed by atoms with Crippen molar-refractivity contribution < 1.29 is 22.8 Å². The van der Waals surface area contributed by atoms with Crippen molar-refractivity contribution in [2.24, 2.45) is 0 Å². The van der Waals surface area contributed by atoms with Gasteiger partial charge in [0.2, 0.25) is 11.8 Å². The fourth-order valence-corrected chi connectivity index (χ4v) is 4.72. The van der Waals surface area contributed by atoms with E-state index >= 15 is 0 Å². The molecule has 1 atom stereocenters. The van der Waals surface area contributed by atoms with E-state index in [9.17, 15) is 22.8 Å². The normalized spacial score (nSPS) is 19.5. The molecule has 35 heavy (non-hydrogen) atoms. The summed E-state index contributed by atoms with van der Waals surface area (Å²) in [5, 5.41) is 3.34. The number of carbonyl (C=O) groups excluding carboxylic acids is 2. The predicted octanol–water partition coefficient (Wildman–Crippen LogP) is 5.06. The van der Waals surface area contributed by atoms with E-state index in [1.807, 2.05) is 18.2 Å². The van der Waals surface area contributed by atoms with Crippen LogP contribution in [0.15, 0.2) is 60.8 Å². The third-order valence-corrected chi connectivity index (χ3v) is 6.70. The van der Waals surface area contributed by atoms with Gasteiger partial charge in [0.1, 0.15) is 0 Å². The van der Waals surface area contributed by atoms with Crippen molar-refractivity contribution in [1.29, 1.82) is 0 Å². The number of rotatable bonds is 4. The van der Waals surface area contributed by atoms with E-state index in [1.165, 1.54) is 5.57 Å². The quantitative estimate of drug-likeness (QED) is 0.532. The third kappa shape index (κ3) is 5.12. The van der Waals surface area contributed by atoms with Crippen LogP contribution < -0.4 is 5.32 Å². The van der Waals surface area contributed by atoms with Crippen molar-refractivity contribution in [3.63, 3.8) is 0 Å². The largest absolute Gasteiger partial charge is 0.416 e.